The van der Waals surface area contributed by atoms with E-state index < -0.39 is 0 Å². The van der Waals surface area contributed by atoms with Crippen molar-refractivity contribution in [3.8, 4) is 0 Å². The van der Waals surface area contributed by atoms with Crippen molar-refractivity contribution in [3.05, 3.63) is 215 Å². The molecule has 4 heteroatoms. The van der Waals surface area contributed by atoms with Crippen molar-refractivity contribution < 1.29 is 0 Å². The predicted molar refractivity (Wildman–Crippen MR) is 292 cm³/mol. The molecule has 0 radical (unpaired) electrons. The third kappa shape index (κ3) is 6.20. The second-order valence-corrected chi connectivity index (χ2v) is 21.0. The molecule has 0 spiro atoms. The van der Waals surface area contributed by atoms with Crippen LogP contribution in [0.1, 0.15) is 47.1 Å². The lowest BCUT2D eigenvalue weighted by atomic mass is 9.99. The number of hydrogen-bond donors (Lipinski definition) is 0. The molecule has 0 saturated heterocycles. The quantitative estimate of drug-likeness (QED) is 0.147. The smallest absolute Gasteiger partial charge is 0.0540 e. The minimum atomic E-state index is 0.679. The molecule has 0 bridgehead atoms. The molecule has 320 valence electrons. The van der Waals surface area contributed by atoms with Crippen LogP contribution in [0.4, 0.5) is 34.1 Å². The van der Waals surface area contributed by atoms with Gasteiger partial charge in [0.2, 0.25) is 0 Å². The number of allylic oxidation sites excluding steroid dienone is 4. The summed E-state index contributed by atoms with van der Waals surface area (Å²) < 4.78 is 2.69. The zero-order valence-corrected chi connectivity index (χ0v) is 39.0. The van der Waals surface area contributed by atoms with E-state index in [1.54, 1.807) is 4.88 Å². The van der Waals surface area contributed by atoms with E-state index in [0.29, 0.717) is 11.8 Å². The Balaban J connectivity index is 0.894. The lowest BCUT2D eigenvalue weighted by Gasteiger charge is -2.28. The van der Waals surface area contributed by atoms with Gasteiger partial charge >= 0.3 is 0 Å². The van der Waals surface area contributed by atoms with Gasteiger partial charge in [0.1, 0.15) is 0 Å². The molecule has 67 heavy (non-hydrogen) atoms. The molecule has 11 aromatic rings. The van der Waals surface area contributed by atoms with E-state index in [9.17, 15) is 0 Å². The first-order valence-electron chi connectivity index (χ1n) is 23.7. The fourth-order valence-corrected chi connectivity index (χ4v) is 14.3. The lowest BCUT2D eigenvalue weighted by molar-refractivity contribution is 0.895. The van der Waals surface area contributed by atoms with E-state index in [0.717, 1.165) is 35.8 Å². The van der Waals surface area contributed by atoms with Gasteiger partial charge in [0.15, 0.2) is 0 Å². The van der Waals surface area contributed by atoms with Crippen molar-refractivity contribution in [1.82, 2.24) is 0 Å². The molecule has 3 atom stereocenters. The molecule has 2 nitrogen and oxygen atoms in total. The SMILES string of the molecule is CCC1=CC=Cc2c(sc3cc(N(c4ccc5c(ccc6cc(N(c7ccc8c9c(sc8c7)C7C(C)C7C=C9)c7cccc8ccccc78)ccc65)c4)c4cccc5ccccc45)ccc23)C1. The van der Waals surface area contributed by atoms with Crippen LogP contribution < -0.4 is 9.80 Å². The van der Waals surface area contributed by atoms with Crippen molar-refractivity contribution >= 4 is 132 Å². The maximum absolute atomic E-state index is 2.48. The minimum absolute atomic E-state index is 0.679. The van der Waals surface area contributed by atoms with Crippen molar-refractivity contribution in [2.75, 3.05) is 9.80 Å². The normalized spacial score (nSPS) is 17.2. The van der Waals surface area contributed by atoms with E-state index in [4.69, 9.17) is 0 Å². The summed E-state index contributed by atoms with van der Waals surface area (Å²) in [6.07, 6.45) is 13.8. The molecule has 9 aromatic carbocycles. The van der Waals surface area contributed by atoms with Gasteiger partial charge in [-0.25, -0.2) is 0 Å². The second-order valence-electron chi connectivity index (χ2n) is 18.8. The van der Waals surface area contributed by atoms with Gasteiger partial charge in [0.25, 0.3) is 0 Å². The molecule has 1 fully saturated rings. The maximum Gasteiger partial charge on any atom is 0.0540 e. The van der Waals surface area contributed by atoms with E-state index in [2.05, 4.69) is 224 Å². The van der Waals surface area contributed by atoms with Crippen molar-refractivity contribution in [2.24, 2.45) is 11.8 Å². The van der Waals surface area contributed by atoms with Crippen LogP contribution in [-0.2, 0) is 6.42 Å². The summed E-state index contributed by atoms with van der Waals surface area (Å²) in [5.41, 5.74) is 11.3. The Hall–Kier alpha value is -7.24. The van der Waals surface area contributed by atoms with Gasteiger partial charge in [0, 0.05) is 75.8 Å². The molecule has 0 N–H and O–H groups in total. The summed E-state index contributed by atoms with van der Waals surface area (Å²) in [6, 6.07) is 63.9. The average Bonchev–Trinajstić information content (AvgIpc) is 3.80. The Bertz CT molecular complexity index is 3940. The Morgan fingerprint density at radius 3 is 1.64 bits per heavy atom. The van der Waals surface area contributed by atoms with Gasteiger partial charge in [-0.2, -0.15) is 0 Å². The van der Waals surface area contributed by atoms with Crippen LogP contribution in [0.5, 0.6) is 0 Å². The highest BCUT2D eigenvalue weighted by Crippen LogP contribution is 2.61. The minimum Gasteiger partial charge on any atom is -0.310 e. The molecule has 0 amide bonds. The van der Waals surface area contributed by atoms with Crippen LogP contribution in [0.2, 0.25) is 0 Å². The van der Waals surface area contributed by atoms with Crippen LogP contribution in [-0.4, -0.2) is 0 Å². The molecule has 3 aliphatic carbocycles. The summed E-state index contributed by atoms with van der Waals surface area (Å²) in [6.45, 7) is 4.67. The Kier molecular flexibility index (Phi) is 8.81. The second kappa shape index (κ2) is 15.1. The molecule has 2 aromatic heterocycles. The number of rotatable bonds is 7. The molecular weight excluding hydrogens is 849 g/mol. The molecule has 14 rings (SSSR count). The Morgan fingerprint density at radius 1 is 0.493 bits per heavy atom. The van der Waals surface area contributed by atoms with Gasteiger partial charge < -0.3 is 9.80 Å². The summed E-state index contributed by atoms with van der Waals surface area (Å²) in [7, 11) is 0. The van der Waals surface area contributed by atoms with Crippen LogP contribution in [0.15, 0.2) is 194 Å². The van der Waals surface area contributed by atoms with Gasteiger partial charge in [-0.05, 0) is 122 Å². The van der Waals surface area contributed by atoms with E-state index in [1.165, 1.54) is 102 Å². The first-order valence-corrected chi connectivity index (χ1v) is 25.4. The first kappa shape index (κ1) is 39.0. The fraction of sp³-hybridized carbons (Fsp3) is 0.111. The molecule has 0 aliphatic heterocycles. The average molecular weight is 895 g/mol. The van der Waals surface area contributed by atoms with Crippen LogP contribution in [0.3, 0.4) is 0 Å². The monoisotopic (exact) mass is 894 g/mol. The van der Waals surface area contributed by atoms with Crippen molar-refractivity contribution in [2.45, 2.75) is 32.6 Å². The molecule has 2 heterocycles. The molecular formula is C63H46N2S2. The molecule has 3 unspecified atom stereocenters. The zero-order chi connectivity index (χ0) is 44.3. The van der Waals surface area contributed by atoms with Gasteiger partial charge in [-0.15, -0.1) is 22.7 Å². The Morgan fingerprint density at radius 2 is 1.03 bits per heavy atom. The summed E-state index contributed by atoms with van der Waals surface area (Å²) in [5.74, 6) is 2.12. The maximum atomic E-state index is 2.48. The van der Waals surface area contributed by atoms with Crippen molar-refractivity contribution in [1.29, 1.82) is 0 Å². The standard InChI is InChI=1S/C63H46N2S2/c1-3-39-11-8-18-53-54-29-25-46(36-60(54)66-59(53)33-39)64(57-19-9-14-40-12-4-6-16-51(40)57)44-23-27-49-42(34-44)21-22-43-35-45(24-28-50(43)49)65(58-20-10-15-41-13-5-7-17-52(41)58)47-26-30-55-56-32-31-48-38(2)62(48)63(56)67-61(55)37-47/h4-32,34-38,48,62H,3,33H2,1-2H3. The number of benzene rings is 9. The van der Waals surface area contributed by atoms with E-state index in [1.807, 2.05) is 22.7 Å². The molecule has 3 aliphatic rings. The fourth-order valence-electron chi connectivity index (χ4n) is 11.5. The van der Waals surface area contributed by atoms with E-state index in [-0.39, 0.29) is 0 Å². The van der Waals surface area contributed by atoms with Gasteiger partial charge in [-0.1, -0.05) is 159 Å². The summed E-state index contributed by atoms with van der Waals surface area (Å²) >= 11 is 3.95. The number of nitrogens with zero attached hydrogens (tertiary/aromatic N) is 2. The van der Waals surface area contributed by atoms with Gasteiger partial charge in [-0.3, -0.25) is 0 Å². The van der Waals surface area contributed by atoms with E-state index >= 15 is 0 Å². The summed E-state index contributed by atoms with van der Waals surface area (Å²) in [4.78, 5) is 7.97. The lowest BCUT2D eigenvalue weighted by Crippen LogP contribution is -2.10. The van der Waals surface area contributed by atoms with Crippen LogP contribution in [0, 0.1) is 11.8 Å². The number of thiophene rings is 2. The van der Waals surface area contributed by atoms with Crippen LogP contribution >= 0.6 is 22.7 Å². The van der Waals surface area contributed by atoms with Crippen LogP contribution in [0.25, 0.3) is 75.4 Å². The Labute approximate surface area is 398 Å². The highest BCUT2D eigenvalue weighted by atomic mass is 32.1. The third-order valence-electron chi connectivity index (χ3n) is 15.1. The number of fused-ring (bicyclic) bond motifs is 13. The van der Waals surface area contributed by atoms with Crippen molar-refractivity contribution in [3.63, 3.8) is 0 Å². The zero-order valence-electron chi connectivity index (χ0n) is 37.4. The third-order valence-corrected chi connectivity index (χ3v) is 17.5. The summed E-state index contributed by atoms with van der Waals surface area (Å²) in [5, 5.41) is 12.6. The predicted octanol–water partition coefficient (Wildman–Crippen LogP) is 19.0. The topological polar surface area (TPSA) is 6.48 Å². The first-order chi connectivity index (χ1) is 33.1. The highest BCUT2D eigenvalue weighted by Gasteiger charge is 2.49. The number of anilines is 6. The highest BCUT2D eigenvalue weighted by molar-refractivity contribution is 7.20. The van der Waals surface area contributed by atoms with Gasteiger partial charge in [0.05, 0.1) is 11.4 Å². The molecule has 1 saturated carbocycles. The largest absolute Gasteiger partial charge is 0.310 e. The number of hydrogen-bond acceptors (Lipinski definition) is 4.